The van der Waals surface area contributed by atoms with Crippen LogP contribution >= 0.6 is 0 Å². The molecule has 0 atom stereocenters. The fraction of sp³-hybridized carbons (Fsp3) is 0.190. The first-order valence-corrected chi connectivity index (χ1v) is 9.10. The Morgan fingerprint density at radius 3 is 2.32 bits per heavy atom. The van der Waals surface area contributed by atoms with E-state index >= 15 is 0 Å². The number of H-pyrrole nitrogens is 1. The van der Waals surface area contributed by atoms with Gasteiger partial charge in [0, 0.05) is 25.0 Å². The van der Waals surface area contributed by atoms with Crippen LogP contribution in [0.25, 0.3) is 0 Å². The summed E-state index contributed by atoms with van der Waals surface area (Å²) < 4.78 is 0. The molecule has 3 aromatic rings. The Morgan fingerprint density at radius 1 is 0.964 bits per heavy atom. The van der Waals surface area contributed by atoms with Crippen molar-refractivity contribution in [3.05, 3.63) is 77.4 Å². The second-order valence-corrected chi connectivity index (χ2v) is 6.21. The highest BCUT2D eigenvalue weighted by molar-refractivity contribution is 6.10. The van der Waals surface area contributed by atoms with Crippen molar-refractivity contribution in [2.75, 3.05) is 17.7 Å². The second-order valence-electron chi connectivity index (χ2n) is 6.21. The fourth-order valence-corrected chi connectivity index (χ4v) is 2.90. The number of aromatic amines is 1. The van der Waals surface area contributed by atoms with E-state index in [1.165, 1.54) is 24.5 Å². The van der Waals surface area contributed by atoms with Gasteiger partial charge in [0.25, 0.3) is 11.8 Å². The summed E-state index contributed by atoms with van der Waals surface area (Å²) in [5.41, 5.74) is 4.36. The first-order chi connectivity index (χ1) is 13.6. The Balaban J connectivity index is 1.62. The zero-order chi connectivity index (χ0) is 19.9. The summed E-state index contributed by atoms with van der Waals surface area (Å²) in [6.45, 7) is 2.88. The summed E-state index contributed by atoms with van der Waals surface area (Å²) in [6, 6.07) is 15.8. The van der Waals surface area contributed by atoms with E-state index < -0.39 is 11.8 Å². The predicted molar refractivity (Wildman–Crippen MR) is 110 cm³/mol. The number of aryl methyl sites for hydroxylation is 1. The Kier molecular flexibility index (Phi) is 6.06. The number of aromatic nitrogens is 2. The number of hydrogen-bond acceptors (Lipinski definition) is 4. The Morgan fingerprint density at radius 2 is 1.64 bits per heavy atom. The van der Waals surface area contributed by atoms with E-state index in [1.807, 2.05) is 30.3 Å². The number of hydrogen-bond donors (Lipinski definition) is 4. The average molecular weight is 377 g/mol. The lowest BCUT2D eigenvalue weighted by Crippen LogP contribution is -2.23. The Bertz CT molecular complexity index is 963. The van der Waals surface area contributed by atoms with Crippen LogP contribution in [-0.4, -0.2) is 28.8 Å². The van der Waals surface area contributed by atoms with Gasteiger partial charge in [0.1, 0.15) is 5.69 Å². The molecule has 0 aliphatic rings. The normalized spacial score (nSPS) is 10.4. The molecule has 0 fully saturated rings. The predicted octanol–water partition coefficient (Wildman–Crippen LogP) is 3.20. The summed E-state index contributed by atoms with van der Waals surface area (Å²) >= 11 is 0. The summed E-state index contributed by atoms with van der Waals surface area (Å²) in [4.78, 5) is 30.8. The van der Waals surface area contributed by atoms with Crippen molar-refractivity contribution in [1.82, 2.24) is 15.3 Å². The van der Waals surface area contributed by atoms with Gasteiger partial charge in [-0.15, -0.1) is 0 Å². The van der Waals surface area contributed by atoms with Gasteiger partial charge in [-0.2, -0.15) is 0 Å². The highest BCUT2D eigenvalue weighted by atomic mass is 16.2. The summed E-state index contributed by atoms with van der Waals surface area (Å²) in [7, 11) is 1.49. The molecule has 2 amide bonds. The average Bonchev–Trinajstić information content (AvgIpc) is 3.23. The third kappa shape index (κ3) is 4.37. The van der Waals surface area contributed by atoms with Gasteiger partial charge in [-0.3, -0.25) is 9.59 Å². The van der Waals surface area contributed by atoms with Gasteiger partial charge in [0.05, 0.1) is 6.33 Å². The molecule has 0 saturated carbocycles. The summed E-state index contributed by atoms with van der Waals surface area (Å²) in [5, 5.41) is 8.62. The molecule has 1 aromatic heterocycles. The van der Waals surface area contributed by atoms with E-state index in [9.17, 15) is 9.59 Å². The number of carbonyl (C=O) groups excluding carboxylic acids is 2. The Labute approximate surface area is 163 Å². The van der Waals surface area contributed by atoms with E-state index in [1.54, 1.807) is 0 Å². The van der Waals surface area contributed by atoms with Crippen LogP contribution in [0.5, 0.6) is 0 Å². The van der Waals surface area contributed by atoms with Crippen molar-refractivity contribution in [1.29, 1.82) is 0 Å². The van der Waals surface area contributed by atoms with Crippen molar-refractivity contribution in [3.63, 3.8) is 0 Å². The van der Waals surface area contributed by atoms with Gasteiger partial charge in [0.2, 0.25) is 0 Å². The van der Waals surface area contributed by atoms with Gasteiger partial charge in [-0.05, 0) is 41.8 Å². The molecule has 0 bridgehead atoms. The molecular formula is C21H23N5O2. The highest BCUT2D eigenvalue weighted by Crippen LogP contribution is 2.17. The maximum Gasteiger partial charge on any atom is 0.274 e. The van der Waals surface area contributed by atoms with Gasteiger partial charge < -0.3 is 20.9 Å². The number of nitrogens with zero attached hydrogens (tertiary/aromatic N) is 1. The molecule has 0 saturated heterocycles. The van der Waals surface area contributed by atoms with Crippen molar-refractivity contribution >= 4 is 23.2 Å². The van der Waals surface area contributed by atoms with E-state index in [2.05, 4.69) is 51.0 Å². The smallest absolute Gasteiger partial charge is 0.274 e. The molecule has 4 N–H and O–H groups in total. The van der Waals surface area contributed by atoms with Gasteiger partial charge >= 0.3 is 0 Å². The number of nitrogens with one attached hydrogen (secondary N) is 4. The van der Waals surface area contributed by atoms with E-state index in [0.29, 0.717) is 5.69 Å². The zero-order valence-electron chi connectivity index (χ0n) is 15.9. The van der Waals surface area contributed by atoms with Crippen LogP contribution in [0.15, 0.2) is 54.9 Å². The summed E-state index contributed by atoms with van der Waals surface area (Å²) in [6.07, 6.45) is 2.31. The molecule has 0 radical (unpaired) electrons. The van der Waals surface area contributed by atoms with Crippen LogP contribution in [0.3, 0.4) is 0 Å². The summed E-state index contributed by atoms with van der Waals surface area (Å²) in [5.74, 6) is -0.841. The number of imidazole rings is 1. The second kappa shape index (κ2) is 8.85. The molecule has 7 nitrogen and oxygen atoms in total. The molecule has 7 heteroatoms. The minimum atomic E-state index is -0.423. The minimum Gasteiger partial charge on any atom is -0.381 e. The van der Waals surface area contributed by atoms with Crippen molar-refractivity contribution < 1.29 is 9.59 Å². The molecule has 2 aromatic carbocycles. The molecule has 0 unspecified atom stereocenters. The molecule has 0 aliphatic heterocycles. The third-order valence-corrected chi connectivity index (χ3v) is 4.43. The van der Waals surface area contributed by atoms with E-state index in [4.69, 9.17) is 0 Å². The lowest BCUT2D eigenvalue weighted by molar-refractivity contribution is 0.0943. The fourth-order valence-electron chi connectivity index (χ4n) is 2.90. The van der Waals surface area contributed by atoms with Crippen LogP contribution in [0, 0.1) is 0 Å². The number of carbonyl (C=O) groups is 2. The molecule has 144 valence electrons. The first kappa shape index (κ1) is 19.2. The van der Waals surface area contributed by atoms with Crippen molar-refractivity contribution in [3.8, 4) is 0 Å². The first-order valence-electron chi connectivity index (χ1n) is 9.10. The van der Waals surface area contributed by atoms with Gasteiger partial charge in [0.15, 0.2) is 5.69 Å². The quantitative estimate of drug-likeness (QED) is 0.508. The highest BCUT2D eigenvalue weighted by Gasteiger charge is 2.19. The molecule has 0 spiro atoms. The number of amides is 2. The van der Waals surface area contributed by atoms with Crippen molar-refractivity contribution in [2.24, 2.45) is 0 Å². The monoisotopic (exact) mass is 377 g/mol. The standard InChI is InChI=1S/C21H23N5O2/c1-3-14-6-4-5-7-15(14)12-23-16-8-10-17(11-9-16)26-21(28)19-18(20(27)22-2)24-13-25-19/h4-11,13,23H,3,12H2,1-2H3,(H,22,27)(H,24,25)(H,26,28). The van der Waals surface area contributed by atoms with Crippen molar-refractivity contribution in [2.45, 2.75) is 19.9 Å². The molecule has 28 heavy (non-hydrogen) atoms. The lowest BCUT2D eigenvalue weighted by Gasteiger charge is -2.11. The third-order valence-electron chi connectivity index (χ3n) is 4.43. The van der Waals surface area contributed by atoms with Gasteiger partial charge in [-0.25, -0.2) is 4.98 Å². The van der Waals surface area contributed by atoms with Gasteiger partial charge in [-0.1, -0.05) is 31.2 Å². The maximum atomic E-state index is 12.4. The number of anilines is 2. The minimum absolute atomic E-state index is 0.0628. The molecule has 0 aliphatic carbocycles. The Hall–Kier alpha value is -3.61. The topological polar surface area (TPSA) is 98.9 Å². The molecule has 3 rings (SSSR count). The van der Waals surface area contributed by atoms with Crippen LogP contribution in [0.4, 0.5) is 11.4 Å². The van der Waals surface area contributed by atoms with Crippen LogP contribution in [-0.2, 0) is 13.0 Å². The van der Waals surface area contributed by atoms with Crippen LogP contribution in [0.2, 0.25) is 0 Å². The SMILES string of the molecule is CCc1ccccc1CNc1ccc(NC(=O)c2[nH]cnc2C(=O)NC)cc1. The lowest BCUT2D eigenvalue weighted by atomic mass is 10.1. The van der Waals surface area contributed by atoms with E-state index in [0.717, 1.165) is 18.7 Å². The largest absolute Gasteiger partial charge is 0.381 e. The molecule has 1 heterocycles. The van der Waals surface area contributed by atoms with Crippen LogP contribution in [0.1, 0.15) is 39.0 Å². The molecular weight excluding hydrogens is 354 g/mol. The van der Waals surface area contributed by atoms with E-state index in [-0.39, 0.29) is 11.4 Å². The number of rotatable bonds is 7. The zero-order valence-corrected chi connectivity index (χ0v) is 15.9. The maximum absolute atomic E-state index is 12.4. The number of benzene rings is 2. The van der Waals surface area contributed by atoms with Crippen LogP contribution < -0.4 is 16.0 Å².